The highest BCUT2D eigenvalue weighted by molar-refractivity contribution is 7.80. The second kappa shape index (κ2) is 5.02. The minimum atomic E-state index is 0.414. The minimum absolute atomic E-state index is 0.414. The molecule has 1 aromatic rings. The fourth-order valence-electron chi connectivity index (χ4n) is 2.14. The molecule has 0 aromatic heterocycles. The van der Waals surface area contributed by atoms with Crippen LogP contribution in [-0.2, 0) is 0 Å². The van der Waals surface area contributed by atoms with Crippen LogP contribution < -0.4 is 11.1 Å². The van der Waals surface area contributed by atoms with Gasteiger partial charge in [0, 0.05) is 22.3 Å². The van der Waals surface area contributed by atoms with Gasteiger partial charge >= 0.3 is 0 Å². The van der Waals surface area contributed by atoms with Gasteiger partial charge in [-0.05, 0) is 31.0 Å². The van der Waals surface area contributed by atoms with Crippen molar-refractivity contribution in [3.05, 3.63) is 28.8 Å². The van der Waals surface area contributed by atoms with E-state index in [1.807, 2.05) is 18.2 Å². The molecule has 0 aliphatic heterocycles. The molecule has 0 radical (unpaired) electrons. The number of hydrogen-bond donors (Lipinski definition) is 2. The van der Waals surface area contributed by atoms with E-state index in [4.69, 9.17) is 29.6 Å². The third kappa shape index (κ3) is 2.66. The summed E-state index contributed by atoms with van der Waals surface area (Å²) in [6.45, 7) is 0. The zero-order valence-corrected chi connectivity index (χ0v) is 10.6. The zero-order valence-electron chi connectivity index (χ0n) is 9.00. The smallest absolute Gasteiger partial charge is 0.106 e. The molecular formula is C12H15ClN2S. The Morgan fingerprint density at radius 3 is 2.69 bits per heavy atom. The van der Waals surface area contributed by atoms with Crippen molar-refractivity contribution < 1.29 is 0 Å². The van der Waals surface area contributed by atoms with Gasteiger partial charge in [0.1, 0.15) is 4.99 Å². The van der Waals surface area contributed by atoms with E-state index in [-0.39, 0.29) is 0 Å². The molecule has 0 atom stereocenters. The van der Waals surface area contributed by atoms with Crippen molar-refractivity contribution in [3.8, 4) is 0 Å². The molecule has 0 heterocycles. The summed E-state index contributed by atoms with van der Waals surface area (Å²) in [4.78, 5) is 0.414. The molecule has 1 fully saturated rings. The number of anilines is 1. The summed E-state index contributed by atoms with van der Waals surface area (Å²) in [5, 5.41) is 4.19. The summed E-state index contributed by atoms with van der Waals surface area (Å²) < 4.78 is 0. The monoisotopic (exact) mass is 254 g/mol. The molecule has 4 heteroatoms. The van der Waals surface area contributed by atoms with Gasteiger partial charge in [0.15, 0.2) is 0 Å². The molecule has 1 aliphatic rings. The van der Waals surface area contributed by atoms with Crippen LogP contribution in [0, 0.1) is 0 Å². The Balaban J connectivity index is 2.22. The van der Waals surface area contributed by atoms with E-state index in [9.17, 15) is 0 Å². The average molecular weight is 255 g/mol. The highest BCUT2D eigenvalue weighted by Gasteiger charge is 2.16. The van der Waals surface area contributed by atoms with Gasteiger partial charge in [-0.1, -0.05) is 36.7 Å². The maximum atomic E-state index is 5.98. The third-order valence-electron chi connectivity index (χ3n) is 2.96. The lowest BCUT2D eigenvalue weighted by Gasteiger charge is -2.16. The van der Waals surface area contributed by atoms with E-state index in [1.54, 1.807) is 0 Å². The fourth-order valence-corrected chi connectivity index (χ4v) is 2.49. The number of thiocarbonyl (C=S) groups is 1. The number of benzene rings is 1. The van der Waals surface area contributed by atoms with Gasteiger partial charge < -0.3 is 11.1 Å². The molecule has 0 unspecified atom stereocenters. The molecule has 0 spiro atoms. The number of hydrogen-bond acceptors (Lipinski definition) is 2. The summed E-state index contributed by atoms with van der Waals surface area (Å²) in [5.74, 6) is 0. The molecular weight excluding hydrogens is 240 g/mol. The molecule has 1 aromatic carbocycles. The van der Waals surface area contributed by atoms with E-state index in [0.29, 0.717) is 16.1 Å². The van der Waals surface area contributed by atoms with Crippen molar-refractivity contribution in [2.24, 2.45) is 5.73 Å². The highest BCUT2D eigenvalue weighted by Crippen LogP contribution is 2.26. The van der Waals surface area contributed by atoms with Crippen molar-refractivity contribution >= 4 is 34.5 Å². The van der Waals surface area contributed by atoms with Gasteiger partial charge in [-0.25, -0.2) is 0 Å². The van der Waals surface area contributed by atoms with Gasteiger partial charge in [0.2, 0.25) is 0 Å². The molecule has 2 rings (SSSR count). The molecule has 0 bridgehead atoms. The Morgan fingerprint density at radius 2 is 2.06 bits per heavy atom. The SMILES string of the molecule is NC(=S)c1ccc(Cl)cc1NC1CCCC1. The number of nitrogens with two attached hydrogens (primary N) is 1. The normalized spacial score (nSPS) is 16.3. The molecule has 0 amide bonds. The number of nitrogens with one attached hydrogen (secondary N) is 1. The van der Waals surface area contributed by atoms with Crippen LogP contribution in [0.1, 0.15) is 31.2 Å². The van der Waals surface area contributed by atoms with E-state index < -0.39 is 0 Å². The number of halogens is 1. The van der Waals surface area contributed by atoms with E-state index in [1.165, 1.54) is 25.7 Å². The molecule has 16 heavy (non-hydrogen) atoms. The molecule has 3 N–H and O–H groups in total. The Bertz CT molecular complexity index is 400. The lowest BCUT2D eigenvalue weighted by Crippen LogP contribution is -2.19. The quantitative estimate of drug-likeness (QED) is 0.813. The van der Waals surface area contributed by atoms with Crippen LogP contribution in [-0.4, -0.2) is 11.0 Å². The minimum Gasteiger partial charge on any atom is -0.389 e. The van der Waals surface area contributed by atoms with Crippen LogP contribution in [0.4, 0.5) is 5.69 Å². The molecule has 2 nitrogen and oxygen atoms in total. The van der Waals surface area contributed by atoms with Gasteiger partial charge in [-0.2, -0.15) is 0 Å². The first-order valence-electron chi connectivity index (χ1n) is 5.52. The van der Waals surface area contributed by atoms with Crippen LogP contribution in [0.2, 0.25) is 5.02 Å². The van der Waals surface area contributed by atoms with E-state index in [0.717, 1.165) is 11.3 Å². The Hall–Kier alpha value is -0.800. The summed E-state index contributed by atoms with van der Waals surface area (Å²) in [6.07, 6.45) is 5.01. The molecule has 1 aliphatic carbocycles. The van der Waals surface area contributed by atoms with Crippen LogP contribution in [0.3, 0.4) is 0 Å². The zero-order chi connectivity index (χ0) is 11.5. The second-order valence-electron chi connectivity index (χ2n) is 4.18. The topological polar surface area (TPSA) is 38.0 Å². The lowest BCUT2D eigenvalue weighted by molar-refractivity contribution is 0.755. The van der Waals surface area contributed by atoms with Crippen molar-refractivity contribution in [2.75, 3.05) is 5.32 Å². The standard InChI is InChI=1S/C12H15ClN2S/c13-8-5-6-10(12(14)16)11(7-8)15-9-3-1-2-4-9/h5-7,9,15H,1-4H2,(H2,14,16). The van der Waals surface area contributed by atoms with E-state index >= 15 is 0 Å². The molecule has 0 saturated heterocycles. The van der Waals surface area contributed by atoms with E-state index in [2.05, 4.69) is 5.32 Å². The van der Waals surface area contributed by atoms with Crippen LogP contribution in [0.5, 0.6) is 0 Å². The second-order valence-corrected chi connectivity index (χ2v) is 5.06. The largest absolute Gasteiger partial charge is 0.389 e. The first-order valence-corrected chi connectivity index (χ1v) is 6.31. The van der Waals surface area contributed by atoms with Crippen molar-refractivity contribution in [1.29, 1.82) is 0 Å². The lowest BCUT2D eigenvalue weighted by atomic mass is 10.1. The first kappa shape index (κ1) is 11.7. The van der Waals surface area contributed by atoms with Crippen molar-refractivity contribution in [3.63, 3.8) is 0 Å². The summed E-state index contributed by atoms with van der Waals surface area (Å²) in [5.41, 5.74) is 7.53. The average Bonchev–Trinajstić information content (AvgIpc) is 2.70. The molecule has 1 saturated carbocycles. The maximum absolute atomic E-state index is 5.98. The van der Waals surface area contributed by atoms with Gasteiger partial charge in [0.25, 0.3) is 0 Å². The van der Waals surface area contributed by atoms with Gasteiger partial charge in [0.05, 0.1) is 0 Å². The Morgan fingerprint density at radius 1 is 1.38 bits per heavy atom. The predicted molar refractivity (Wildman–Crippen MR) is 73.2 cm³/mol. The highest BCUT2D eigenvalue weighted by atomic mass is 35.5. The van der Waals surface area contributed by atoms with Crippen LogP contribution in [0.25, 0.3) is 0 Å². The summed E-state index contributed by atoms with van der Waals surface area (Å²) in [6, 6.07) is 6.12. The Kier molecular flexibility index (Phi) is 3.66. The van der Waals surface area contributed by atoms with Crippen LogP contribution in [0.15, 0.2) is 18.2 Å². The summed E-state index contributed by atoms with van der Waals surface area (Å²) >= 11 is 11.0. The molecule has 86 valence electrons. The summed E-state index contributed by atoms with van der Waals surface area (Å²) in [7, 11) is 0. The van der Waals surface area contributed by atoms with Crippen LogP contribution >= 0.6 is 23.8 Å². The van der Waals surface area contributed by atoms with Gasteiger partial charge in [-0.3, -0.25) is 0 Å². The first-order chi connectivity index (χ1) is 7.66. The number of rotatable bonds is 3. The fraction of sp³-hybridized carbons (Fsp3) is 0.417. The third-order valence-corrected chi connectivity index (χ3v) is 3.42. The van der Waals surface area contributed by atoms with Crippen molar-refractivity contribution in [2.45, 2.75) is 31.7 Å². The predicted octanol–water partition coefficient (Wildman–Crippen LogP) is 3.33. The maximum Gasteiger partial charge on any atom is 0.106 e. The Labute approximate surface area is 106 Å². The van der Waals surface area contributed by atoms with Crippen molar-refractivity contribution in [1.82, 2.24) is 0 Å². The van der Waals surface area contributed by atoms with Gasteiger partial charge in [-0.15, -0.1) is 0 Å².